The fourth-order valence-electron chi connectivity index (χ4n) is 4.81. The number of carbonyl (C=O) groups excluding carboxylic acids is 2. The van der Waals surface area contributed by atoms with E-state index in [4.69, 9.17) is 0 Å². The Hall–Kier alpha value is -3.84. The fourth-order valence-corrected chi connectivity index (χ4v) is 4.81. The summed E-state index contributed by atoms with van der Waals surface area (Å²) < 4.78 is 0. The number of rotatable bonds is 5. The van der Waals surface area contributed by atoms with Gasteiger partial charge in [-0.3, -0.25) is 14.6 Å². The Morgan fingerprint density at radius 3 is 2.42 bits per heavy atom. The number of piperazine rings is 1. The summed E-state index contributed by atoms with van der Waals surface area (Å²) in [6, 6.07) is 17.8. The third-order valence-electron chi connectivity index (χ3n) is 6.41. The Balaban J connectivity index is 1.34. The predicted octanol–water partition coefficient (Wildman–Crippen LogP) is 2.46. The largest absolute Gasteiger partial charge is 0.394 e. The molecule has 2 aliphatic heterocycles. The summed E-state index contributed by atoms with van der Waals surface area (Å²) >= 11 is 0. The van der Waals surface area contributed by atoms with E-state index in [1.165, 1.54) is 23.5 Å². The van der Waals surface area contributed by atoms with Crippen LogP contribution in [0.4, 0.5) is 0 Å². The molecular weight excluding hydrogens is 416 g/mol. The predicted molar refractivity (Wildman–Crippen MR) is 124 cm³/mol. The molecule has 0 unspecified atom stereocenters. The number of fused-ring (bicyclic) bond motifs is 1. The number of amides is 2. The molecule has 0 aliphatic carbocycles. The smallest absolute Gasteiger partial charge is 0.274 e. The zero-order chi connectivity index (χ0) is 22.8. The van der Waals surface area contributed by atoms with E-state index < -0.39 is 0 Å². The van der Waals surface area contributed by atoms with Crippen LogP contribution in [-0.4, -0.2) is 68.5 Å². The van der Waals surface area contributed by atoms with Crippen LogP contribution in [0.15, 0.2) is 73.2 Å². The lowest BCUT2D eigenvalue weighted by molar-refractivity contribution is -0.159. The number of benzene rings is 2. The first-order chi connectivity index (χ1) is 16.2. The standard InChI is InChI=1S/C26H24N4O3/c31-17-23-25(20-10-8-19(9-11-20)7-6-18-4-2-1-3-5-18)22-15-29(16-24(32)30(22)23)26(33)21-14-27-12-13-28-21/h1-14,22-23,25,31H,15-17H2/t22-,23-,25+/m0/s1. The molecule has 1 aromatic heterocycles. The number of aliphatic hydroxyl groups is 1. The van der Waals surface area contributed by atoms with Crippen LogP contribution in [0.5, 0.6) is 0 Å². The molecule has 2 amide bonds. The van der Waals surface area contributed by atoms with Gasteiger partial charge in [-0.1, -0.05) is 66.7 Å². The highest BCUT2D eigenvalue weighted by Crippen LogP contribution is 2.43. The molecule has 0 radical (unpaired) electrons. The van der Waals surface area contributed by atoms with Crippen LogP contribution in [0.25, 0.3) is 12.2 Å². The van der Waals surface area contributed by atoms with Crippen molar-refractivity contribution in [2.45, 2.75) is 18.0 Å². The lowest BCUT2D eigenvalue weighted by atomic mass is 9.73. The zero-order valence-electron chi connectivity index (χ0n) is 18.0. The second kappa shape index (κ2) is 8.96. The lowest BCUT2D eigenvalue weighted by Crippen LogP contribution is -2.73. The van der Waals surface area contributed by atoms with Crippen LogP contribution in [-0.2, 0) is 4.79 Å². The Kier molecular flexibility index (Phi) is 5.71. The average molecular weight is 441 g/mol. The second-order valence-corrected chi connectivity index (χ2v) is 8.33. The van der Waals surface area contributed by atoms with E-state index >= 15 is 0 Å². The SMILES string of the molecule is O=C(c1cnccn1)N1CC(=O)N2[C@@H](CO)[C@H](c3ccc(C=Cc4ccccc4)cc3)[C@@H]2C1. The monoisotopic (exact) mass is 440 g/mol. The fraction of sp³-hybridized carbons (Fsp3) is 0.231. The van der Waals surface area contributed by atoms with Gasteiger partial charge in [-0.2, -0.15) is 0 Å². The molecule has 2 aliphatic rings. The Labute approximate surface area is 192 Å². The minimum absolute atomic E-state index is 0.0155. The number of nitrogens with zero attached hydrogens (tertiary/aromatic N) is 4. The quantitative estimate of drug-likeness (QED) is 0.616. The molecular formula is C26H24N4O3. The minimum atomic E-state index is -0.302. The van der Waals surface area contributed by atoms with E-state index in [2.05, 4.69) is 22.1 Å². The van der Waals surface area contributed by atoms with Gasteiger partial charge in [0.25, 0.3) is 5.91 Å². The van der Waals surface area contributed by atoms with Crippen LogP contribution >= 0.6 is 0 Å². The molecule has 2 fully saturated rings. The van der Waals surface area contributed by atoms with Crippen molar-refractivity contribution in [3.8, 4) is 0 Å². The Morgan fingerprint density at radius 1 is 1.03 bits per heavy atom. The highest BCUT2D eigenvalue weighted by atomic mass is 16.3. The molecule has 7 nitrogen and oxygen atoms in total. The molecule has 2 saturated heterocycles. The summed E-state index contributed by atoms with van der Waals surface area (Å²) in [4.78, 5) is 36.9. The second-order valence-electron chi connectivity index (χ2n) is 8.33. The van der Waals surface area contributed by atoms with Gasteiger partial charge < -0.3 is 14.9 Å². The molecule has 7 heteroatoms. The minimum Gasteiger partial charge on any atom is -0.394 e. The van der Waals surface area contributed by atoms with Gasteiger partial charge in [0, 0.05) is 24.9 Å². The number of aliphatic hydroxyl groups excluding tert-OH is 1. The molecule has 33 heavy (non-hydrogen) atoms. The van der Waals surface area contributed by atoms with E-state index in [0.717, 1.165) is 16.7 Å². The van der Waals surface area contributed by atoms with Crippen molar-refractivity contribution in [1.82, 2.24) is 19.8 Å². The van der Waals surface area contributed by atoms with Gasteiger partial charge in [0.05, 0.1) is 24.9 Å². The van der Waals surface area contributed by atoms with Crippen LogP contribution < -0.4 is 0 Å². The normalized spacial score (nSPS) is 22.2. The van der Waals surface area contributed by atoms with Crippen molar-refractivity contribution in [3.05, 3.63) is 95.6 Å². The summed E-state index contributed by atoms with van der Waals surface area (Å²) in [7, 11) is 0. The van der Waals surface area contributed by atoms with Crippen LogP contribution in [0.3, 0.4) is 0 Å². The van der Waals surface area contributed by atoms with Crippen LogP contribution in [0.2, 0.25) is 0 Å². The van der Waals surface area contributed by atoms with Crippen molar-refractivity contribution < 1.29 is 14.7 Å². The van der Waals surface area contributed by atoms with Crippen LogP contribution in [0.1, 0.15) is 33.1 Å². The molecule has 0 saturated carbocycles. The third kappa shape index (κ3) is 4.03. The van der Waals surface area contributed by atoms with Crippen molar-refractivity contribution in [1.29, 1.82) is 0 Å². The maximum Gasteiger partial charge on any atom is 0.274 e. The summed E-state index contributed by atoms with van der Waals surface area (Å²) in [5.74, 6) is -0.492. The summed E-state index contributed by atoms with van der Waals surface area (Å²) in [6.45, 7) is 0.275. The molecule has 3 atom stereocenters. The maximum absolute atomic E-state index is 12.8. The number of hydrogen-bond acceptors (Lipinski definition) is 5. The molecule has 3 heterocycles. The van der Waals surface area contributed by atoms with Gasteiger partial charge in [-0.25, -0.2) is 4.98 Å². The number of aromatic nitrogens is 2. The molecule has 5 rings (SSSR count). The van der Waals surface area contributed by atoms with Crippen molar-refractivity contribution in [2.75, 3.05) is 19.7 Å². The first-order valence-corrected chi connectivity index (χ1v) is 11.0. The molecule has 0 bridgehead atoms. The van der Waals surface area contributed by atoms with Crippen molar-refractivity contribution >= 4 is 24.0 Å². The highest BCUT2D eigenvalue weighted by Gasteiger charge is 2.54. The van der Waals surface area contributed by atoms with Gasteiger partial charge in [0.2, 0.25) is 5.91 Å². The van der Waals surface area contributed by atoms with E-state index in [0.29, 0.717) is 6.54 Å². The summed E-state index contributed by atoms with van der Waals surface area (Å²) in [6.07, 6.45) is 8.50. The van der Waals surface area contributed by atoms with Gasteiger partial charge in [0.1, 0.15) is 12.2 Å². The molecule has 166 valence electrons. The molecule has 0 spiro atoms. The molecule has 2 aromatic carbocycles. The highest BCUT2D eigenvalue weighted by molar-refractivity contribution is 5.96. The Bertz CT molecular complexity index is 1170. The van der Waals surface area contributed by atoms with Crippen molar-refractivity contribution in [2.24, 2.45) is 0 Å². The topological polar surface area (TPSA) is 86.6 Å². The summed E-state index contributed by atoms with van der Waals surface area (Å²) in [5.41, 5.74) is 3.47. The Morgan fingerprint density at radius 2 is 1.76 bits per heavy atom. The van der Waals surface area contributed by atoms with E-state index in [1.807, 2.05) is 54.6 Å². The zero-order valence-corrected chi connectivity index (χ0v) is 18.0. The first-order valence-electron chi connectivity index (χ1n) is 11.0. The van der Waals surface area contributed by atoms with E-state index in [9.17, 15) is 14.7 Å². The van der Waals surface area contributed by atoms with Gasteiger partial charge in [-0.05, 0) is 16.7 Å². The lowest BCUT2D eigenvalue weighted by Gasteiger charge is -2.58. The number of hydrogen-bond donors (Lipinski definition) is 1. The van der Waals surface area contributed by atoms with E-state index in [-0.39, 0.29) is 48.7 Å². The summed E-state index contributed by atoms with van der Waals surface area (Å²) in [5, 5.41) is 9.99. The molecule has 1 N–H and O–H groups in total. The van der Waals surface area contributed by atoms with Gasteiger partial charge in [0.15, 0.2) is 0 Å². The maximum atomic E-state index is 12.8. The van der Waals surface area contributed by atoms with Gasteiger partial charge >= 0.3 is 0 Å². The van der Waals surface area contributed by atoms with Crippen molar-refractivity contribution in [3.63, 3.8) is 0 Å². The van der Waals surface area contributed by atoms with Gasteiger partial charge in [-0.15, -0.1) is 0 Å². The van der Waals surface area contributed by atoms with Crippen LogP contribution in [0, 0.1) is 0 Å². The van der Waals surface area contributed by atoms with E-state index in [1.54, 1.807) is 4.90 Å². The first kappa shape index (κ1) is 21.0. The average Bonchev–Trinajstić information content (AvgIpc) is 2.85. The molecule has 3 aromatic rings. The third-order valence-corrected chi connectivity index (χ3v) is 6.41. The number of carbonyl (C=O) groups is 2.